The quantitative estimate of drug-likeness (QED) is 0.416. The fourth-order valence-corrected chi connectivity index (χ4v) is 3.47. The molecular formula is C9H9ClN2O8S. The normalized spacial score (nSPS) is 17.6. The summed E-state index contributed by atoms with van der Waals surface area (Å²) in [5.41, 5.74) is -2.83. The van der Waals surface area contributed by atoms with Crippen LogP contribution in [-0.2, 0) is 14.6 Å². The van der Waals surface area contributed by atoms with Crippen molar-refractivity contribution in [3.05, 3.63) is 42.3 Å². The van der Waals surface area contributed by atoms with Crippen LogP contribution in [0.2, 0.25) is 0 Å². The summed E-state index contributed by atoms with van der Waals surface area (Å²) in [6.07, 6.45) is -0.245. The van der Waals surface area contributed by atoms with E-state index in [1.807, 2.05) is 0 Å². The lowest BCUT2D eigenvalue weighted by atomic mass is 10.0. The van der Waals surface area contributed by atoms with Gasteiger partial charge >= 0.3 is 11.6 Å². The number of halogens is 1. The van der Waals surface area contributed by atoms with E-state index in [4.69, 9.17) is 16.7 Å². The summed E-state index contributed by atoms with van der Waals surface area (Å²) in [5, 5.41) is 29.9. The number of hydrogen-bond acceptors (Lipinski definition) is 7. The number of carboxylic acids is 1. The molecule has 116 valence electrons. The smallest absolute Gasteiger partial charge is 0.481 e. The van der Waals surface area contributed by atoms with E-state index in [2.05, 4.69) is 0 Å². The van der Waals surface area contributed by atoms with E-state index >= 15 is 0 Å². The van der Waals surface area contributed by atoms with Crippen molar-refractivity contribution >= 4 is 27.4 Å². The van der Waals surface area contributed by atoms with Crippen LogP contribution in [0.3, 0.4) is 0 Å². The summed E-state index contributed by atoms with van der Waals surface area (Å²) in [6, 6.07) is 0. The Kier molecular flexibility index (Phi) is 4.69. The molecule has 0 atom stereocenters. The number of carboxylic acid groups (broad SMARTS) is 1. The third-order valence-electron chi connectivity index (χ3n) is 2.73. The Balaban J connectivity index is 3.34. The summed E-state index contributed by atoms with van der Waals surface area (Å²) in [4.78, 5) is 29.0. The van der Waals surface area contributed by atoms with Crippen LogP contribution in [0.5, 0.6) is 0 Å². The van der Waals surface area contributed by atoms with Crippen LogP contribution in [0.15, 0.2) is 22.1 Å². The number of aliphatic carboxylic acids is 1. The number of hydrogen-bond donors (Lipinski definition) is 1. The maximum atomic E-state index is 11.9. The van der Waals surface area contributed by atoms with Crippen LogP contribution < -0.4 is 0 Å². The third kappa shape index (κ3) is 3.36. The number of rotatable bonds is 6. The highest BCUT2D eigenvalue weighted by molar-refractivity contribution is 7.95. The minimum Gasteiger partial charge on any atom is -0.481 e. The second kappa shape index (κ2) is 5.77. The van der Waals surface area contributed by atoms with E-state index in [1.54, 1.807) is 0 Å². The van der Waals surface area contributed by atoms with Crippen molar-refractivity contribution in [2.24, 2.45) is 0 Å². The highest BCUT2D eigenvalue weighted by Gasteiger charge is 2.56. The molecule has 0 saturated carbocycles. The second-order valence-corrected chi connectivity index (χ2v) is 6.60. The molecule has 0 heterocycles. The lowest BCUT2D eigenvalue weighted by Gasteiger charge is -2.18. The molecule has 0 saturated heterocycles. The zero-order valence-corrected chi connectivity index (χ0v) is 11.8. The first-order valence-corrected chi connectivity index (χ1v) is 7.38. The Morgan fingerprint density at radius 2 is 1.90 bits per heavy atom. The largest absolute Gasteiger partial charge is 0.482 e. The van der Waals surface area contributed by atoms with Crippen molar-refractivity contribution in [3.8, 4) is 0 Å². The fourth-order valence-electron chi connectivity index (χ4n) is 1.57. The molecule has 21 heavy (non-hydrogen) atoms. The van der Waals surface area contributed by atoms with Gasteiger partial charge in [0.2, 0.25) is 0 Å². The van der Waals surface area contributed by atoms with Crippen molar-refractivity contribution in [1.82, 2.24) is 0 Å². The van der Waals surface area contributed by atoms with Crippen molar-refractivity contribution < 1.29 is 28.2 Å². The van der Waals surface area contributed by atoms with Gasteiger partial charge in [0.25, 0.3) is 0 Å². The van der Waals surface area contributed by atoms with Gasteiger partial charge in [-0.3, -0.25) is 25.0 Å². The van der Waals surface area contributed by atoms with Crippen LogP contribution in [0.25, 0.3) is 0 Å². The summed E-state index contributed by atoms with van der Waals surface area (Å²) in [6.45, 7) is 0. The monoisotopic (exact) mass is 340 g/mol. The molecule has 0 bridgehead atoms. The van der Waals surface area contributed by atoms with E-state index < -0.39 is 59.8 Å². The Morgan fingerprint density at radius 1 is 1.38 bits per heavy atom. The van der Waals surface area contributed by atoms with E-state index in [9.17, 15) is 33.4 Å². The lowest BCUT2D eigenvalue weighted by molar-refractivity contribution is -0.780. The maximum Gasteiger partial charge on any atom is 0.482 e. The molecule has 12 heteroatoms. The summed E-state index contributed by atoms with van der Waals surface area (Å²) >= 11 is 5.64. The maximum absolute atomic E-state index is 11.9. The Bertz CT molecular complexity index is 651. The highest BCUT2D eigenvalue weighted by atomic mass is 35.5. The van der Waals surface area contributed by atoms with Crippen LogP contribution in [-0.4, -0.2) is 40.8 Å². The standard InChI is InChI=1S/C9H9ClN2O8S/c10-6-1-3-9(11(15)16,12(17)18)5-7(6)21(19,20)4-2-8(13)14/h1,5H,2-4H2,(H,13,14). The molecule has 1 aliphatic carbocycles. The molecule has 1 aliphatic rings. The van der Waals surface area contributed by atoms with Crippen LogP contribution >= 0.6 is 11.6 Å². The molecule has 0 amide bonds. The lowest BCUT2D eigenvalue weighted by Crippen LogP contribution is -2.45. The molecule has 0 spiro atoms. The van der Waals surface area contributed by atoms with Crippen molar-refractivity contribution in [1.29, 1.82) is 0 Å². The summed E-state index contributed by atoms with van der Waals surface area (Å²) < 4.78 is 23.9. The van der Waals surface area contributed by atoms with Gasteiger partial charge in [0.05, 0.1) is 28.2 Å². The molecular weight excluding hydrogens is 332 g/mol. The molecule has 1 N–H and O–H groups in total. The third-order valence-corrected chi connectivity index (χ3v) is 4.95. The zero-order chi connectivity index (χ0) is 16.4. The SMILES string of the molecule is O=C(O)CCS(=O)(=O)C1=CC([N+](=O)[O-])([N+](=O)[O-])CC=C1Cl. The molecule has 1 rings (SSSR count). The van der Waals surface area contributed by atoms with Gasteiger partial charge in [-0.05, 0) is 6.08 Å². The minimum absolute atomic E-state index is 0.354. The fraction of sp³-hybridized carbons (Fsp3) is 0.444. The van der Waals surface area contributed by atoms with E-state index in [0.717, 1.165) is 6.08 Å². The molecule has 0 radical (unpaired) electrons. The molecule has 0 aromatic heterocycles. The average Bonchev–Trinajstić information content (AvgIpc) is 2.36. The first-order chi connectivity index (χ1) is 9.53. The topological polar surface area (TPSA) is 158 Å². The van der Waals surface area contributed by atoms with Crippen LogP contribution in [0, 0.1) is 20.2 Å². The molecule has 0 fully saturated rings. The molecule has 10 nitrogen and oxygen atoms in total. The minimum atomic E-state index is -4.29. The summed E-state index contributed by atoms with van der Waals surface area (Å²) in [7, 11) is -4.29. The van der Waals surface area contributed by atoms with Crippen LogP contribution in [0.1, 0.15) is 12.8 Å². The van der Waals surface area contributed by atoms with Gasteiger partial charge in [-0.1, -0.05) is 11.6 Å². The number of nitro groups is 2. The van der Waals surface area contributed by atoms with E-state index in [-0.39, 0.29) is 0 Å². The number of sulfone groups is 1. The van der Waals surface area contributed by atoms with E-state index in [1.165, 1.54) is 0 Å². The van der Waals surface area contributed by atoms with Gasteiger partial charge in [0.1, 0.15) is 16.3 Å². The number of nitrogens with zero attached hydrogens (tertiary/aromatic N) is 2. The number of carbonyl (C=O) groups is 1. The average molecular weight is 341 g/mol. The van der Waals surface area contributed by atoms with Gasteiger partial charge in [0.15, 0.2) is 9.84 Å². The van der Waals surface area contributed by atoms with Crippen LogP contribution in [0.4, 0.5) is 0 Å². The zero-order valence-electron chi connectivity index (χ0n) is 10.3. The predicted octanol–water partition coefficient (Wildman–Crippen LogP) is 0.536. The first-order valence-electron chi connectivity index (χ1n) is 5.35. The first kappa shape index (κ1) is 17.0. The Morgan fingerprint density at radius 3 is 2.33 bits per heavy atom. The molecule has 0 aromatic carbocycles. The summed E-state index contributed by atoms with van der Waals surface area (Å²) in [5.74, 6) is -2.27. The van der Waals surface area contributed by atoms with Crippen molar-refractivity contribution in [3.63, 3.8) is 0 Å². The van der Waals surface area contributed by atoms with Gasteiger partial charge < -0.3 is 5.11 Å². The van der Waals surface area contributed by atoms with E-state index in [0.29, 0.717) is 6.08 Å². The Hall–Kier alpha value is -2.01. The van der Waals surface area contributed by atoms with Gasteiger partial charge in [0, 0.05) is 0 Å². The van der Waals surface area contributed by atoms with Gasteiger partial charge in [-0.25, -0.2) is 8.42 Å². The number of allylic oxidation sites excluding steroid dienone is 1. The second-order valence-electron chi connectivity index (χ2n) is 4.12. The van der Waals surface area contributed by atoms with Gasteiger partial charge in [-0.15, -0.1) is 0 Å². The van der Waals surface area contributed by atoms with Crippen molar-refractivity contribution in [2.45, 2.75) is 18.5 Å². The molecule has 0 unspecified atom stereocenters. The van der Waals surface area contributed by atoms with Gasteiger partial charge in [-0.2, -0.15) is 0 Å². The molecule has 0 aliphatic heterocycles. The highest BCUT2D eigenvalue weighted by Crippen LogP contribution is 2.34. The van der Waals surface area contributed by atoms with Crippen molar-refractivity contribution in [2.75, 3.05) is 5.75 Å². The predicted molar refractivity (Wildman–Crippen MR) is 69.4 cm³/mol. The Labute approximate surface area is 122 Å². The molecule has 0 aromatic rings.